The number of fused-ring (bicyclic) bond motifs is 2. The van der Waals surface area contributed by atoms with Gasteiger partial charge in [0.05, 0.1) is 17.7 Å². The lowest BCUT2D eigenvalue weighted by Crippen LogP contribution is -2.41. The van der Waals surface area contributed by atoms with Crippen LogP contribution in [-0.4, -0.2) is 51.4 Å². The Hall–Kier alpha value is -3.68. The number of nitrogens with one attached hydrogen (secondary N) is 1. The molecule has 0 saturated carbocycles. The molecule has 8 nitrogen and oxygen atoms in total. The highest BCUT2D eigenvalue weighted by molar-refractivity contribution is 6.21. The molecule has 1 saturated heterocycles. The third kappa shape index (κ3) is 4.36. The summed E-state index contributed by atoms with van der Waals surface area (Å²) in [7, 11) is 0. The number of amides is 3. The maximum atomic E-state index is 12.9. The molecule has 0 unspecified atom stereocenters. The number of hydrogen-bond acceptors (Lipinski definition) is 4. The first-order valence-electron chi connectivity index (χ1n) is 12.6. The Bertz CT molecular complexity index is 1310. The summed E-state index contributed by atoms with van der Waals surface area (Å²) in [6, 6.07) is 13.4. The van der Waals surface area contributed by atoms with Crippen LogP contribution in [0.1, 0.15) is 78.6 Å². The molecule has 3 amide bonds. The number of nitrogens with zero attached hydrogens (tertiary/aromatic N) is 3. The number of likely N-dealkylation sites (tertiary alicyclic amines) is 1. The zero-order valence-corrected chi connectivity index (χ0v) is 21.3. The smallest absolute Gasteiger partial charge is 0.410 e. The first-order valence-corrected chi connectivity index (χ1v) is 12.6. The Balaban J connectivity index is 1.33. The second-order valence-electron chi connectivity index (χ2n) is 10.6. The fourth-order valence-electron chi connectivity index (χ4n) is 5.25. The second kappa shape index (κ2) is 9.08. The molecule has 36 heavy (non-hydrogen) atoms. The summed E-state index contributed by atoms with van der Waals surface area (Å²) >= 11 is 0. The number of ether oxygens (including phenoxy) is 1. The lowest BCUT2D eigenvalue weighted by atomic mass is 9.89. The molecule has 1 fully saturated rings. The standard InChI is InChI=1S/C28H32N4O4/c1-5-31-23-11-10-19(18-12-14-30(15-13-18)27(35)36-28(2,3)4)16-22(23)29-24(31)17-32-25(33)20-8-6-7-9-21(20)26(32)34/h6-11,16,18H,5,12-15,17H2,1-4H3/p+1. The zero-order chi connectivity index (χ0) is 25.6. The van der Waals surface area contributed by atoms with Crippen molar-refractivity contribution in [2.45, 2.75) is 65.1 Å². The molecular weight excluding hydrogens is 456 g/mol. The van der Waals surface area contributed by atoms with Crippen molar-refractivity contribution in [1.82, 2.24) is 14.8 Å². The Morgan fingerprint density at radius 3 is 2.28 bits per heavy atom. The van der Waals surface area contributed by atoms with Crippen molar-refractivity contribution in [2.24, 2.45) is 0 Å². The van der Waals surface area contributed by atoms with Crippen molar-refractivity contribution in [2.75, 3.05) is 13.1 Å². The number of carbonyl (C=O) groups is 3. The van der Waals surface area contributed by atoms with Crippen LogP contribution in [0.15, 0.2) is 42.5 Å². The van der Waals surface area contributed by atoms with E-state index in [2.05, 4.69) is 34.7 Å². The largest absolute Gasteiger partial charge is 0.444 e. The molecule has 3 heterocycles. The van der Waals surface area contributed by atoms with Crippen molar-refractivity contribution in [3.8, 4) is 0 Å². The topological polar surface area (TPSA) is 86.6 Å². The van der Waals surface area contributed by atoms with Crippen LogP contribution in [-0.2, 0) is 17.8 Å². The summed E-state index contributed by atoms with van der Waals surface area (Å²) in [5, 5.41) is 0. The van der Waals surface area contributed by atoms with E-state index in [1.54, 1.807) is 29.2 Å². The van der Waals surface area contributed by atoms with E-state index in [0.717, 1.165) is 29.7 Å². The number of imide groups is 1. The van der Waals surface area contributed by atoms with Gasteiger partial charge in [0.2, 0.25) is 0 Å². The monoisotopic (exact) mass is 489 g/mol. The molecular formula is C28H33N4O4+. The highest BCUT2D eigenvalue weighted by Crippen LogP contribution is 2.31. The molecule has 3 aromatic rings. The van der Waals surface area contributed by atoms with Crippen LogP contribution in [0.3, 0.4) is 0 Å². The molecule has 2 aliphatic heterocycles. The summed E-state index contributed by atoms with van der Waals surface area (Å²) in [6.45, 7) is 9.95. The van der Waals surface area contributed by atoms with Gasteiger partial charge in [-0.2, -0.15) is 0 Å². The summed E-state index contributed by atoms with van der Waals surface area (Å²) in [5.74, 6) is 0.661. The fraction of sp³-hybridized carbons (Fsp3) is 0.429. The molecule has 8 heteroatoms. The number of carbonyl (C=O) groups excluding carboxylic acids is 3. The Kier molecular flexibility index (Phi) is 6.06. The van der Waals surface area contributed by atoms with Crippen molar-refractivity contribution < 1.29 is 23.7 Å². The number of aryl methyl sites for hydroxylation is 1. The molecule has 1 aromatic heterocycles. The van der Waals surface area contributed by atoms with Crippen LogP contribution in [0.2, 0.25) is 0 Å². The normalized spacial score (nSPS) is 16.7. The molecule has 0 aliphatic carbocycles. The molecule has 0 bridgehead atoms. The first-order chi connectivity index (χ1) is 17.2. The average molecular weight is 490 g/mol. The van der Waals surface area contributed by atoms with Crippen molar-refractivity contribution >= 4 is 28.9 Å². The number of benzene rings is 2. The summed E-state index contributed by atoms with van der Waals surface area (Å²) in [6.07, 6.45) is 1.50. The molecule has 188 valence electrons. The maximum Gasteiger partial charge on any atom is 0.410 e. The maximum absolute atomic E-state index is 12.9. The van der Waals surface area contributed by atoms with E-state index in [4.69, 9.17) is 4.74 Å². The Morgan fingerprint density at radius 1 is 1.06 bits per heavy atom. The highest BCUT2D eigenvalue weighted by atomic mass is 16.6. The van der Waals surface area contributed by atoms with E-state index in [1.807, 2.05) is 20.8 Å². The Morgan fingerprint density at radius 2 is 1.69 bits per heavy atom. The molecule has 0 spiro atoms. The quantitative estimate of drug-likeness (QED) is 0.435. The van der Waals surface area contributed by atoms with Crippen molar-refractivity contribution in [3.05, 3.63) is 65.0 Å². The minimum absolute atomic E-state index is 0.193. The third-order valence-corrected chi connectivity index (χ3v) is 7.04. The first kappa shape index (κ1) is 24.0. The van der Waals surface area contributed by atoms with E-state index < -0.39 is 5.60 Å². The van der Waals surface area contributed by atoms with Crippen LogP contribution < -0.4 is 4.57 Å². The van der Waals surface area contributed by atoms with Gasteiger partial charge in [0.1, 0.15) is 12.1 Å². The van der Waals surface area contributed by atoms with Crippen molar-refractivity contribution in [1.29, 1.82) is 0 Å². The highest BCUT2D eigenvalue weighted by Gasteiger charge is 2.37. The van der Waals surface area contributed by atoms with Gasteiger partial charge in [-0.05, 0) is 76.3 Å². The van der Waals surface area contributed by atoms with Gasteiger partial charge in [-0.3, -0.25) is 14.5 Å². The van der Waals surface area contributed by atoms with Crippen LogP contribution in [0, 0.1) is 0 Å². The third-order valence-electron chi connectivity index (χ3n) is 7.04. The van der Waals surface area contributed by atoms with Gasteiger partial charge >= 0.3 is 6.09 Å². The number of piperidine rings is 1. The van der Waals surface area contributed by atoms with Crippen molar-refractivity contribution in [3.63, 3.8) is 0 Å². The van der Waals surface area contributed by atoms with E-state index in [9.17, 15) is 14.4 Å². The van der Waals surface area contributed by atoms with Gasteiger partial charge in [0.25, 0.3) is 17.6 Å². The minimum atomic E-state index is -0.494. The van der Waals surface area contributed by atoms with Gasteiger partial charge in [-0.1, -0.05) is 18.2 Å². The number of hydrogen-bond donors (Lipinski definition) is 1. The van der Waals surface area contributed by atoms with E-state index >= 15 is 0 Å². The lowest BCUT2D eigenvalue weighted by Gasteiger charge is -2.33. The molecule has 2 aromatic carbocycles. The SMILES string of the molecule is CC[n+]1c(CN2C(=O)c3ccccc3C2=O)[nH]c2cc(C3CCN(C(=O)OC(C)(C)C)CC3)ccc21. The summed E-state index contributed by atoms with van der Waals surface area (Å²) < 4.78 is 7.64. The minimum Gasteiger partial charge on any atom is -0.444 e. The van der Waals surface area contributed by atoms with E-state index in [-0.39, 0.29) is 24.5 Å². The van der Waals surface area contributed by atoms with E-state index in [1.165, 1.54) is 10.5 Å². The average Bonchev–Trinajstić information content (AvgIpc) is 3.32. The zero-order valence-electron chi connectivity index (χ0n) is 21.3. The summed E-state index contributed by atoms with van der Waals surface area (Å²) in [4.78, 5) is 44.8. The van der Waals surface area contributed by atoms with Crippen LogP contribution in [0.5, 0.6) is 0 Å². The predicted octanol–water partition coefficient (Wildman–Crippen LogP) is 4.39. The van der Waals surface area contributed by atoms with Crippen LogP contribution in [0.25, 0.3) is 11.0 Å². The fourth-order valence-corrected chi connectivity index (χ4v) is 5.25. The predicted molar refractivity (Wildman–Crippen MR) is 135 cm³/mol. The van der Waals surface area contributed by atoms with Crippen LogP contribution in [0.4, 0.5) is 4.79 Å². The lowest BCUT2D eigenvalue weighted by molar-refractivity contribution is -0.676. The van der Waals surface area contributed by atoms with Crippen LogP contribution >= 0.6 is 0 Å². The van der Waals surface area contributed by atoms with Gasteiger partial charge in [-0.15, -0.1) is 0 Å². The number of rotatable bonds is 4. The Labute approximate surface area is 210 Å². The number of aromatic amines is 1. The molecule has 5 rings (SSSR count). The second-order valence-corrected chi connectivity index (χ2v) is 10.6. The number of aromatic nitrogens is 2. The van der Waals surface area contributed by atoms with Gasteiger partial charge < -0.3 is 9.64 Å². The molecule has 1 N–H and O–H groups in total. The summed E-state index contributed by atoms with van der Waals surface area (Å²) in [5.41, 5.74) is 3.67. The van der Waals surface area contributed by atoms with Gasteiger partial charge in [0, 0.05) is 13.1 Å². The number of imidazole rings is 1. The molecule has 2 aliphatic rings. The van der Waals surface area contributed by atoms with Gasteiger partial charge in [-0.25, -0.2) is 14.3 Å². The molecule has 0 atom stereocenters. The molecule has 0 radical (unpaired) electrons. The number of H-pyrrole nitrogens is 1. The van der Waals surface area contributed by atoms with E-state index in [0.29, 0.717) is 36.7 Å². The van der Waals surface area contributed by atoms with Gasteiger partial charge in [0.15, 0.2) is 11.0 Å².